The van der Waals surface area contributed by atoms with Crippen LogP contribution in [0.2, 0.25) is 0 Å². The van der Waals surface area contributed by atoms with Crippen LogP contribution in [-0.2, 0) is 4.74 Å². The normalized spacial score (nSPS) is 26.3. The lowest BCUT2D eigenvalue weighted by Crippen LogP contribution is -2.70. The van der Waals surface area contributed by atoms with Crippen LogP contribution < -0.4 is 0 Å². The zero-order chi connectivity index (χ0) is 12.4. The molecule has 0 bridgehead atoms. The van der Waals surface area contributed by atoms with E-state index in [2.05, 4.69) is 25.7 Å². The van der Waals surface area contributed by atoms with Gasteiger partial charge in [-0.25, -0.2) is 0 Å². The first kappa shape index (κ1) is 13.4. The smallest absolute Gasteiger partial charge is 0.0569 e. The summed E-state index contributed by atoms with van der Waals surface area (Å²) in [5, 5.41) is 0. The van der Waals surface area contributed by atoms with Crippen LogP contribution >= 0.6 is 0 Å². The molecule has 2 heteroatoms. The SMILES string of the molecule is CCCCCCC(C)(CC)N1CC2(COC2)C1. The highest BCUT2D eigenvalue weighted by atomic mass is 16.5. The van der Waals surface area contributed by atoms with Crippen LogP contribution in [0.25, 0.3) is 0 Å². The molecule has 2 rings (SSSR count). The summed E-state index contributed by atoms with van der Waals surface area (Å²) >= 11 is 0. The zero-order valence-corrected chi connectivity index (χ0v) is 11.9. The highest BCUT2D eigenvalue weighted by molar-refractivity contribution is 5.04. The van der Waals surface area contributed by atoms with E-state index in [4.69, 9.17) is 4.74 Å². The van der Waals surface area contributed by atoms with Crippen molar-refractivity contribution in [2.75, 3.05) is 26.3 Å². The Labute approximate surface area is 107 Å². The number of rotatable bonds is 7. The molecule has 2 aliphatic rings. The van der Waals surface area contributed by atoms with Crippen molar-refractivity contribution in [1.82, 2.24) is 4.90 Å². The number of nitrogens with zero attached hydrogens (tertiary/aromatic N) is 1. The van der Waals surface area contributed by atoms with Crippen LogP contribution in [0.3, 0.4) is 0 Å². The van der Waals surface area contributed by atoms with Gasteiger partial charge in [-0.05, 0) is 19.8 Å². The highest BCUT2D eigenvalue weighted by Gasteiger charge is 2.52. The Morgan fingerprint density at radius 3 is 2.29 bits per heavy atom. The molecular weight excluding hydrogens is 210 g/mol. The predicted octanol–water partition coefficient (Wildman–Crippen LogP) is 3.46. The molecule has 0 aromatic heterocycles. The Balaban J connectivity index is 1.74. The van der Waals surface area contributed by atoms with Gasteiger partial charge in [0.25, 0.3) is 0 Å². The summed E-state index contributed by atoms with van der Waals surface area (Å²) in [5.41, 5.74) is 1.02. The summed E-state index contributed by atoms with van der Waals surface area (Å²) in [6.45, 7) is 11.7. The summed E-state index contributed by atoms with van der Waals surface area (Å²) in [5.74, 6) is 0. The second-order valence-corrected chi connectivity index (χ2v) is 6.51. The van der Waals surface area contributed by atoms with Crippen molar-refractivity contribution in [1.29, 1.82) is 0 Å². The predicted molar refractivity (Wildman–Crippen MR) is 72.3 cm³/mol. The third-order valence-corrected chi connectivity index (χ3v) is 4.96. The van der Waals surface area contributed by atoms with E-state index in [1.807, 2.05) is 0 Å². The molecule has 2 fully saturated rings. The van der Waals surface area contributed by atoms with Gasteiger partial charge in [0.15, 0.2) is 0 Å². The third kappa shape index (κ3) is 2.68. The Kier molecular flexibility index (Phi) is 4.14. The first-order chi connectivity index (χ1) is 8.14. The van der Waals surface area contributed by atoms with Crippen LogP contribution in [0.1, 0.15) is 59.3 Å². The molecule has 0 saturated carbocycles. The van der Waals surface area contributed by atoms with Crippen LogP contribution in [0, 0.1) is 5.41 Å². The molecule has 0 amide bonds. The number of unbranched alkanes of at least 4 members (excludes halogenated alkanes) is 3. The van der Waals surface area contributed by atoms with Gasteiger partial charge in [0.05, 0.1) is 13.2 Å². The average molecular weight is 239 g/mol. The van der Waals surface area contributed by atoms with E-state index in [0.29, 0.717) is 11.0 Å². The first-order valence-electron chi connectivity index (χ1n) is 7.47. The fourth-order valence-corrected chi connectivity index (χ4v) is 3.21. The summed E-state index contributed by atoms with van der Waals surface area (Å²) < 4.78 is 5.36. The maximum atomic E-state index is 5.36. The molecule has 2 nitrogen and oxygen atoms in total. The molecule has 0 aromatic rings. The Morgan fingerprint density at radius 2 is 1.82 bits per heavy atom. The maximum absolute atomic E-state index is 5.36. The van der Waals surface area contributed by atoms with Gasteiger partial charge < -0.3 is 4.74 Å². The van der Waals surface area contributed by atoms with Crippen LogP contribution in [0.15, 0.2) is 0 Å². The van der Waals surface area contributed by atoms with E-state index < -0.39 is 0 Å². The van der Waals surface area contributed by atoms with E-state index in [1.54, 1.807) is 0 Å². The van der Waals surface area contributed by atoms with Crippen molar-refractivity contribution in [2.45, 2.75) is 64.8 Å². The molecule has 1 spiro atoms. The van der Waals surface area contributed by atoms with Crippen molar-refractivity contribution in [2.24, 2.45) is 5.41 Å². The summed E-state index contributed by atoms with van der Waals surface area (Å²) in [6, 6.07) is 0. The fourth-order valence-electron chi connectivity index (χ4n) is 3.21. The molecule has 2 saturated heterocycles. The minimum atomic E-state index is 0.453. The van der Waals surface area contributed by atoms with Gasteiger partial charge in [0.2, 0.25) is 0 Å². The first-order valence-corrected chi connectivity index (χ1v) is 7.47. The topological polar surface area (TPSA) is 12.5 Å². The second kappa shape index (κ2) is 5.27. The van der Waals surface area contributed by atoms with Crippen LogP contribution in [0.5, 0.6) is 0 Å². The molecule has 17 heavy (non-hydrogen) atoms. The molecule has 1 atom stereocenters. The number of likely N-dealkylation sites (tertiary alicyclic amines) is 1. The van der Waals surface area contributed by atoms with Crippen LogP contribution in [-0.4, -0.2) is 36.7 Å². The summed E-state index contributed by atoms with van der Waals surface area (Å²) in [7, 11) is 0. The summed E-state index contributed by atoms with van der Waals surface area (Å²) in [4.78, 5) is 2.71. The second-order valence-electron chi connectivity index (χ2n) is 6.51. The minimum Gasteiger partial charge on any atom is -0.380 e. The van der Waals surface area contributed by atoms with Gasteiger partial charge in [-0.2, -0.15) is 0 Å². The molecule has 0 aliphatic carbocycles. The van der Waals surface area contributed by atoms with Gasteiger partial charge in [0, 0.05) is 24.0 Å². The monoisotopic (exact) mass is 239 g/mol. The van der Waals surface area contributed by atoms with Gasteiger partial charge in [0.1, 0.15) is 0 Å². The third-order valence-electron chi connectivity index (χ3n) is 4.96. The van der Waals surface area contributed by atoms with Crippen LogP contribution in [0.4, 0.5) is 0 Å². The standard InChI is InChI=1S/C15H29NO/c1-4-6-7-8-9-14(3,5-2)16-10-15(11-16)12-17-13-15/h4-13H2,1-3H3. The summed E-state index contributed by atoms with van der Waals surface area (Å²) in [6.07, 6.45) is 8.22. The fraction of sp³-hybridized carbons (Fsp3) is 1.00. The van der Waals surface area contributed by atoms with Crippen molar-refractivity contribution in [3.05, 3.63) is 0 Å². The minimum absolute atomic E-state index is 0.453. The van der Waals surface area contributed by atoms with Crippen molar-refractivity contribution >= 4 is 0 Å². The zero-order valence-electron chi connectivity index (χ0n) is 11.9. The van der Waals surface area contributed by atoms with Crippen molar-refractivity contribution < 1.29 is 4.74 Å². The van der Waals surface area contributed by atoms with Crippen molar-refractivity contribution in [3.8, 4) is 0 Å². The lowest BCUT2D eigenvalue weighted by atomic mass is 9.73. The lowest BCUT2D eigenvalue weighted by Gasteiger charge is -2.61. The maximum Gasteiger partial charge on any atom is 0.0569 e. The number of hydrogen-bond acceptors (Lipinski definition) is 2. The van der Waals surface area contributed by atoms with E-state index in [1.165, 1.54) is 51.6 Å². The Bertz CT molecular complexity index is 241. The molecular formula is C15H29NO. The van der Waals surface area contributed by atoms with E-state index in [-0.39, 0.29) is 0 Å². The molecule has 1 unspecified atom stereocenters. The van der Waals surface area contributed by atoms with Gasteiger partial charge in [-0.15, -0.1) is 0 Å². The molecule has 100 valence electrons. The molecule has 0 N–H and O–H groups in total. The van der Waals surface area contributed by atoms with Gasteiger partial charge >= 0.3 is 0 Å². The van der Waals surface area contributed by atoms with E-state index >= 15 is 0 Å². The molecule has 2 aliphatic heterocycles. The quantitative estimate of drug-likeness (QED) is 0.631. The van der Waals surface area contributed by atoms with Crippen molar-refractivity contribution in [3.63, 3.8) is 0 Å². The molecule has 0 radical (unpaired) electrons. The number of ether oxygens (including phenoxy) is 1. The Morgan fingerprint density at radius 1 is 1.12 bits per heavy atom. The Hall–Kier alpha value is -0.0800. The average Bonchev–Trinajstić information content (AvgIpc) is 2.20. The molecule has 0 aromatic carbocycles. The largest absolute Gasteiger partial charge is 0.380 e. The highest BCUT2D eigenvalue weighted by Crippen LogP contribution is 2.43. The number of hydrogen-bond donors (Lipinski definition) is 0. The van der Waals surface area contributed by atoms with E-state index in [9.17, 15) is 0 Å². The van der Waals surface area contributed by atoms with Gasteiger partial charge in [-0.1, -0.05) is 39.5 Å². The van der Waals surface area contributed by atoms with Gasteiger partial charge in [-0.3, -0.25) is 4.90 Å². The molecule has 2 heterocycles. The van der Waals surface area contributed by atoms with E-state index in [0.717, 1.165) is 13.2 Å². The lowest BCUT2D eigenvalue weighted by molar-refractivity contribution is -0.213.